The van der Waals surface area contributed by atoms with Gasteiger partial charge in [-0.15, -0.1) is 0 Å². The molecule has 1 aromatic rings. The Hall–Kier alpha value is -0.280. The molecule has 1 fully saturated rings. The summed E-state index contributed by atoms with van der Waals surface area (Å²) in [5.74, 6) is 0. The normalized spacial score (nSPS) is 30.1. The van der Waals surface area contributed by atoms with Gasteiger partial charge >= 0.3 is 0 Å². The summed E-state index contributed by atoms with van der Waals surface area (Å²) in [6.07, 6.45) is 6.22. The molecule has 1 unspecified atom stereocenters. The largest absolute Gasteiger partial charge is 0.345 e. The Morgan fingerprint density at radius 2 is 2.36 bits per heavy atom. The van der Waals surface area contributed by atoms with Gasteiger partial charge in [0.15, 0.2) is 0 Å². The first-order valence-corrected chi connectivity index (χ1v) is 6.07. The van der Waals surface area contributed by atoms with E-state index in [1.165, 1.54) is 37.0 Å². The molecule has 1 spiro atoms. The van der Waals surface area contributed by atoms with Crippen LogP contribution in [0.25, 0.3) is 0 Å². The zero-order valence-electron chi connectivity index (χ0n) is 8.44. The zero-order valence-corrected chi connectivity index (χ0v) is 10.0. The van der Waals surface area contributed by atoms with Crippen LogP contribution in [0.15, 0.2) is 10.8 Å². The summed E-state index contributed by atoms with van der Waals surface area (Å²) in [7, 11) is 2.12. The molecule has 1 saturated heterocycles. The Kier molecular flexibility index (Phi) is 1.83. The van der Waals surface area contributed by atoms with Crippen LogP contribution in [-0.2, 0) is 18.9 Å². The van der Waals surface area contributed by atoms with Gasteiger partial charge in [-0.2, -0.15) is 0 Å². The molecule has 0 saturated carbocycles. The molecule has 1 atom stereocenters. The lowest BCUT2D eigenvalue weighted by molar-refractivity contribution is 0.465. The molecule has 14 heavy (non-hydrogen) atoms. The van der Waals surface area contributed by atoms with Crippen molar-refractivity contribution >= 4 is 15.9 Å². The van der Waals surface area contributed by atoms with Gasteiger partial charge in [0.1, 0.15) is 0 Å². The molecular weight excluding hydrogens is 240 g/mol. The second-order valence-corrected chi connectivity index (χ2v) is 5.38. The van der Waals surface area contributed by atoms with Crippen LogP contribution in [0.4, 0.5) is 0 Å². The van der Waals surface area contributed by atoms with Crippen LogP contribution in [0.1, 0.15) is 24.0 Å². The van der Waals surface area contributed by atoms with Gasteiger partial charge in [-0.1, -0.05) is 0 Å². The molecule has 3 rings (SSSR count). The zero-order chi connectivity index (χ0) is 9.76. The molecular formula is C11H15BrN2. The van der Waals surface area contributed by atoms with Gasteiger partial charge in [-0.05, 0) is 52.9 Å². The first-order chi connectivity index (χ1) is 6.73. The molecule has 1 aliphatic heterocycles. The highest BCUT2D eigenvalue weighted by Gasteiger charge is 2.42. The summed E-state index contributed by atoms with van der Waals surface area (Å²) in [6.45, 7) is 2.36. The van der Waals surface area contributed by atoms with Gasteiger partial charge in [0.2, 0.25) is 0 Å². The number of aryl methyl sites for hydroxylation is 1. The first kappa shape index (κ1) is 8.98. The molecule has 1 aliphatic carbocycles. The van der Waals surface area contributed by atoms with Crippen molar-refractivity contribution in [2.75, 3.05) is 13.1 Å². The highest BCUT2D eigenvalue weighted by molar-refractivity contribution is 9.10. The predicted molar refractivity (Wildman–Crippen MR) is 60.6 cm³/mol. The van der Waals surface area contributed by atoms with Crippen molar-refractivity contribution in [1.82, 2.24) is 9.88 Å². The Morgan fingerprint density at radius 1 is 1.50 bits per heavy atom. The summed E-state index contributed by atoms with van der Waals surface area (Å²) in [5.41, 5.74) is 3.62. The number of hydrogen-bond donors (Lipinski definition) is 1. The molecule has 0 bridgehead atoms. The van der Waals surface area contributed by atoms with Gasteiger partial charge in [0.25, 0.3) is 0 Å². The summed E-state index contributed by atoms with van der Waals surface area (Å²) in [4.78, 5) is 0. The number of nitrogens with zero attached hydrogens (tertiary/aromatic N) is 1. The van der Waals surface area contributed by atoms with Gasteiger partial charge < -0.3 is 9.88 Å². The number of nitrogens with one attached hydrogen (secondary N) is 1. The van der Waals surface area contributed by atoms with Crippen molar-refractivity contribution in [3.05, 3.63) is 21.9 Å². The van der Waals surface area contributed by atoms with Crippen LogP contribution in [0.3, 0.4) is 0 Å². The number of fused-ring (bicyclic) bond motifs is 2. The van der Waals surface area contributed by atoms with Gasteiger partial charge in [0.05, 0.1) is 4.60 Å². The predicted octanol–water partition coefficient (Wildman–Crippen LogP) is 1.96. The maximum absolute atomic E-state index is 3.67. The Morgan fingerprint density at radius 3 is 3.07 bits per heavy atom. The minimum Gasteiger partial charge on any atom is -0.345 e. The molecule has 2 aliphatic rings. The molecule has 3 heteroatoms. The van der Waals surface area contributed by atoms with E-state index in [1.54, 1.807) is 11.1 Å². The van der Waals surface area contributed by atoms with Crippen LogP contribution in [-0.4, -0.2) is 17.7 Å². The quantitative estimate of drug-likeness (QED) is 0.750. The Bertz CT molecular complexity index is 375. The average Bonchev–Trinajstić information content (AvgIpc) is 2.82. The van der Waals surface area contributed by atoms with E-state index in [0.717, 1.165) is 0 Å². The SMILES string of the molecule is Cn1cc2c(c1Br)CCC21CCNC1. The van der Waals surface area contributed by atoms with Crippen molar-refractivity contribution in [3.63, 3.8) is 0 Å². The fourth-order valence-electron chi connectivity index (χ4n) is 3.03. The summed E-state index contributed by atoms with van der Waals surface area (Å²) in [5, 5.41) is 3.50. The summed E-state index contributed by atoms with van der Waals surface area (Å²) < 4.78 is 3.50. The third-order valence-corrected chi connectivity index (χ3v) is 4.91. The van der Waals surface area contributed by atoms with Crippen LogP contribution < -0.4 is 5.32 Å². The van der Waals surface area contributed by atoms with E-state index in [4.69, 9.17) is 0 Å². The van der Waals surface area contributed by atoms with Crippen LogP contribution >= 0.6 is 15.9 Å². The maximum Gasteiger partial charge on any atom is 0.0879 e. The molecule has 76 valence electrons. The molecule has 2 heterocycles. The lowest BCUT2D eigenvalue weighted by Crippen LogP contribution is -2.25. The number of halogens is 1. The summed E-state index contributed by atoms with van der Waals surface area (Å²) >= 11 is 3.67. The topological polar surface area (TPSA) is 17.0 Å². The van der Waals surface area contributed by atoms with E-state index in [9.17, 15) is 0 Å². The van der Waals surface area contributed by atoms with Crippen molar-refractivity contribution in [2.24, 2.45) is 7.05 Å². The van der Waals surface area contributed by atoms with Crippen LogP contribution in [0.2, 0.25) is 0 Å². The fraction of sp³-hybridized carbons (Fsp3) is 0.636. The third-order valence-electron chi connectivity index (χ3n) is 3.88. The number of hydrogen-bond acceptors (Lipinski definition) is 1. The lowest BCUT2D eigenvalue weighted by Gasteiger charge is -2.21. The van der Waals surface area contributed by atoms with E-state index in [-0.39, 0.29) is 0 Å². The minimum atomic E-state index is 0.471. The number of aromatic nitrogens is 1. The monoisotopic (exact) mass is 254 g/mol. The summed E-state index contributed by atoms with van der Waals surface area (Å²) in [6, 6.07) is 0. The molecule has 1 aromatic heterocycles. The Balaban J connectivity index is 2.13. The molecule has 1 N–H and O–H groups in total. The van der Waals surface area contributed by atoms with E-state index in [2.05, 4.69) is 39.1 Å². The lowest BCUT2D eigenvalue weighted by atomic mass is 9.82. The van der Waals surface area contributed by atoms with E-state index >= 15 is 0 Å². The maximum atomic E-state index is 3.67. The first-order valence-electron chi connectivity index (χ1n) is 5.28. The van der Waals surface area contributed by atoms with E-state index in [0.29, 0.717) is 5.41 Å². The van der Waals surface area contributed by atoms with Crippen molar-refractivity contribution in [3.8, 4) is 0 Å². The van der Waals surface area contributed by atoms with Gasteiger partial charge in [-0.3, -0.25) is 0 Å². The van der Waals surface area contributed by atoms with E-state index < -0.39 is 0 Å². The van der Waals surface area contributed by atoms with Gasteiger partial charge in [-0.25, -0.2) is 0 Å². The van der Waals surface area contributed by atoms with Gasteiger partial charge in [0, 0.05) is 25.2 Å². The van der Waals surface area contributed by atoms with E-state index in [1.807, 2.05) is 0 Å². The Labute approximate surface area is 92.8 Å². The minimum absolute atomic E-state index is 0.471. The molecule has 0 amide bonds. The van der Waals surface area contributed by atoms with Crippen molar-refractivity contribution in [2.45, 2.75) is 24.7 Å². The standard InChI is InChI=1S/C11H15BrN2/c1-14-6-9-8(10(14)12)2-3-11(9)4-5-13-7-11/h6,13H,2-5,7H2,1H3. The molecule has 2 nitrogen and oxygen atoms in total. The third kappa shape index (κ3) is 0.999. The average molecular weight is 255 g/mol. The highest BCUT2D eigenvalue weighted by Crippen LogP contribution is 2.46. The number of rotatable bonds is 0. The smallest absolute Gasteiger partial charge is 0.0879 e. The second-order valence-electron chi connectivity index (χ2n) is 4.63. The molecule has 0 radical (unpaired) electrons. The highest BCUT2D eigenvalue weighted by atomic mass is 79.9. The fourth-order valence-corrected chi connectivity index (χ4v) is 3.55. The van der Waals surface area contributed by atoms with Crippen molar-refractivity contribution < 1.29 is 0 Å². The van der Waals surface area contributed by atoms with Crippen molar-refractivity contribution in [1.29, 1.82) is 0 Å². The molecule has 0 aromatic carbocycles. The second kappa shape index (κ2) is 2.86. The van der Waals surface area contributed by atoms with Crippen LogP contribution in [0.5, 0.6) is 0 Å². The van der Waals surface area contributed by atoms with Crippen LogP contribution in [0, 0.1) is 0 Å².